The van der Waals surface area contributed by atoms with Crippen LogP contribution in [-0.4, -0.2) is 24.2 Å². The maximum atomic E-state index is 11.8. The molecule has 0 spiro atoms. The monoisotopic (exact) mass is 303 g/mol. The summed E-state index contributed by atoms with van der Waals surface area (Å²) in [5.74, 6) is -0.0513. The number of ether oxygens (including phenoxy) is 2. The van der Waals surface area contributed by atoms with Crippen LogP contribution in [0.2, 0.25) is 0 Å². The first-order chi connectivity index (χ1) is 10.6. The molecule has 0 aliphatic carbocycles. The summed E-state index contributed by atoms with van der Waals surface area (Å²) in [5.41, 5.74) is 3.15. The Labute approximate surface area is 130 Å². The topological polar surface area (TPSA) is 61.6 Å². The van der Waals surface area contributed by atoms with Crippen molar-refractivity contribution in [3.63, 3.8) is 0 Å². The van der Waals surface area contributed by atoms with Gasteiger partial charge in [-0.1, -0.05) is 18.6 Å². The van der Waals surface area contributed by atoms with E-state index in [0.717, 1.165) is 29.6 Å². The summed E-state index contributed by atoms with van der Waals surface area (Å²) in [6.45, 7) is 6.93. The molecule has 22 heavy (non-hydrogen) atoms. The quantitative estimate of drug-likeness (QED) is 0.789. The van der Waals surface area contributed by atoms with Crippen molar-refractivity contribution in [2.45, 2.75) is 33.6 Å². The summed E-state index contributed by atoms with van der Waals surface area (Å²) in [6.07, 6.45) is 8.48. The highest BCUT2D eigenvalue weighted by Crippen LogP contribution is 2.24. The fraction of sp³-hybridized carbons (Fsp3) is 0.412. The Balaban J connectivity index is 2.30. The highest BCUT2D eigenvalue weighted by atomic mass is 16.5. The number of carbonyl (C=O) groups is 1. The number of nitrogens with zero attached hydrogens (tertiary/aromatic N) is 1. The van der Waals surface area contributed by atoms with Gasteiger partial charge in [0.05, 0.1) is 19.5 Å². The van der Waals surface area contributed by atoms with Crippen LogP contribution in [-0.2, 0) is 9.47 Å². The minimum Gasteiger partial charge on any atom is -0.501 e. The van der Waals surface area contributed by atoms with Crippen LogP contribution in [0.15, 0.2) is 40.2 Å². The van der Waals surface area contributed by atoms with Crippen LogP contribution in [0.1, 0.15) is 50.0 Å². The van der Waals surface area contributed by atoms with Crippen molar-refractivity contribution in [3.8, 4) is 0 Å². The first kappa shape index (κ1) is 16.1. The van der Waals surface area contributed by atoms with Crippen molar-refractivity contribution >= 4 is 11.5 Å². The summed E-state index contributed by atoms with van der Waals surface area (Å²) < 4.78 is 15.9. The lowest BCUT2D eigenvalue weighted by Gasteiger charge is -2.02. The van der Waals surface area contributed by atoms with E-state index in [2.05, 4.69) is 4.98 Å². The van der Waals surface area contributed by atoms with E-state index in [9.17, 15) is 4.79 Å². The van der Waals surface area contributed by atoms with Gasteiger partial charge in [-0.25, -0.2) is 9.78 Å². The van der Waals surface area contributed by atoms with E-state index >= 15 is 0 Å². The molecule has 0 bridgehead atoms. The third-order valence-corrected chi connectivity index (χ3v) is 3.23. The molecule has 1 aliphatic heterocycles. The van der Waals surface area contributed by atoms with Crippen molar-refractivity contribution in [2.75, 3.05) is 13.2 Å². The van der Waals surface area contributed by atoms with Crippen LogP contribution in [0.4, 0.5) is 0 Å². The molecule has 5 heteroatoms. The first-order valence-electron chi connectivity index (χ1n) is 7.41. The van der Waals surface area contributed by atoms with Crippen LogP contribution in [0, 0.1) is 0 Å². The van der Waals surface area contributed by atoms with Crippen molar-refractivity contribution in [1.29, 1.82) is 0 Å². The fourth-order valence-corrected chi connectivity index (χ4v) is 1.95. The molecule has 0 saturated carbocycles. The summed E-state index contributed by atoms with van der Waals surface area (Å²) >= 11 is 0. The summed E-state index contributed by atoms with van der Waals surface area (Å²) in [4.78, 5) is 16.1. The van der Waals surface area contributed by atoms with Crippen molar-refractivity contribution in [1.82, 2.24) is 4.98 Å². The molecule has 0 atom stereocenters. The third kappa shape index (κ3) is 4.10. The number of hydrogen-bond donors (Lipinski definition) is 0. The van der Waals surface area contributed by atoms with Gasteiger partial charge in [-0.15, -0.1) is 0 Å². The van der Waals surface area contributed by atoms with E-state index in [1.165, 1.54) is 6.26 Å². The molecule has 1 aromatic rings. The van der Waals surface area contributed by atoms with E-state index in [1.807, 2.05) is 32.9 Å². The molecule has 0 N–H and O–H groups in total. The lowest BCUT2D eigenvalue weighted by molar-refractivity contribution is 0.0498. The third-order valence-electron chi connectivity index (χ3n) is 3.23. The van der Waals surface area contributed by atoms with Gasteiger partial charge in [-0.3, -0.25) is 0 Å². The van der Waals surface area contributed by atoms with Gasteiger partial charge in [-0.05, 0) is 31.9 Å². The number of rotatable bonds is 4. The molecule has 2 rings (SSSR count). The molecule has 0 saturated heterocycles. The van der Waals surface area contributed by atoms with E-state index in [0.29, 0.717) is 19.1 Å². The van der Waals surface area contributed by atoms with Gasteiger partial charge in [0.25, 0.3) is 0 Å². The minimum atomic E-state index is -0.460. The van der Waals surface area contributed by atoms with Crippen LogP contribution < -0.4 is 0 Å². The molecule has 0 unspecified atom stereocenters. The summed E-state index contributed by atoms with van der Waals surface area (Å²) in [5, 5.41) is 0. The average molecular weight is 303 g/mol. The van der Waals surface area contributed by atoms with Gasteiger partial charge in [0, 0.05) is 12.0 Å². The molecule has 5 nitrogen and oxygen atoms in total. The molecule has 1 aliphatic rings. The normalized spacial score (nSPS) is 22.6. The zero-order chi connectivity index (χ0) is 15.9. The number of aromatic nitrogens is 1. The Bertz CT molecular complexity index is 622. The highest BCUT2D eigenvalue weighted by molar-refractivity contribution is 5.87. The van der Waals surface area contributed by atoms with Crippen LogP contribution >= 0.6 is 0 Å². The van der Waals surface area contributed by atoms with Crippen LogP contribution in [0.3, 0.4) is 0 Å². The van der Waals surface area contributed by atoms with E-state index in [4.69, 9.17) is 13.9 Å². The molecule has 0 aromatic carbocycles. The second kappa shape index (κ2) is 7.64. The standard InChI is InChI=1S/C17H21NO4/c1-4-7-21-17(19)15-11-22-16(18-15)14-10-12(2)5-8-20-9-6-13(14)3/h6,9-11H,4-5,7-8H2,1-3H3/b9-6+,12-10+,14-13+. The molecule has 118 valence electrons. The number of oxazole rings is 1. The largest absolute Gasteiger partial charge is 0.501 e. The second-order valence-corrected chi connectivity index (χ2v) is 5.18. The van der Waals surface area contributed by atoms with Crippen molar-refractivity contribution < 1.29 is 18.7 Å². The Morgan fingerprint density at radius 1 is 1.41 bits per heavy atom. The minimum absolute atomic E-state index is 0.190. The van der Waals surface area contributed by atoms with Gasteiger partial charge < -0.3 is 13.9 Å². The number of hydrogen-bond acceptors (Lipinski definition) is 5. The van der Waals surface area contributed by atoms with Crippen LogP contribution in [0.25, 0.3) is 5.57 Å². The molecule has 0 fully saturated rings. The highest BCUT2D eigenvalue weighted by Gasteiger charge is 2.16. The van der Waals surface area contributed by atoms with Gasteiger partial charge in [0.1, 0.15) is 6.26 Å². The lowest BCUT2D eigenvalue weighted by atomic mass is 10.1. The second-order valence-electron chi connectivity index (χ2n) is 5.18. The predicted molar refractivity (Wildman–Crippen MR) is 83.1 cm³/mol. The molecular formula is C17H21NO4. The van der Waals surface area contributed by atoms with E-state index < -0.39 is 5.97 Å². The fourth-order valence-electron chi connectivity index (χ4n) is 1.95. The number of carbonyl (C=O) groups excluding carboxylic acids is 1. The molecule has 0 radical (unpaired) electrons. The smallest absolute Gasteiger partial charge is 0.360 e. The van der Waals surface area contributed by atoms with Gasteiger partial charge in [0.15, 0.2) is 5.69 Å². The summed E-state index contributed by atoms with van der Waals surface area (Å²) in [7, 11) is 0. The number of esters is 1. The van der Waals surface area contributed by atoms with Crippen molar-refractivity contribution in [2.24, 2.45) is 0 Å². The Hall–Kier alpha value is -2.30. The lowest BCUT2D eigenvalue weighted by Crippen LogP contribution is -2.06. The average Bonchev–Trinajstić information content (AvgIpc) is 3.00. The first-order valence-corrected chi connectivity index (χ1v) is 7.41. The maximum absolute atomic E-state index is 11.8. The van der Waals surface area contributed by atoms with Gasteiger partial charge in [-0.2, -0.15) is 0 Å². The zero-order valence-corrected chi connectivity index (χ0v) is 13.2. The molecule has 2 heterocycles. The molecular weight excluding hydrogens is 282 g/mol. The summed E-state index contributed by atoms with van der Waals surface area (Å²) in [6, 6.07) is 0. The van der Waals surface area contributed by atoms with Crippen molar-refractivity contribution in [3.05, 3.63) is 47.4 Å². The molecule has 1 aromatic heterocycles. The predicted octanol–water partition coefficient (Wildman–Crippen LogP) is 3.90. The van der Waals surface area contributed by atoms with Crippen LogP contribution in [0.5, 0.6) is 0 Å². The Kier molecular flexibility index (Phi) is 5.58. The molecule has 0 amide bonds. The SMILES string of the molecule is CCCOC(=O)c1coc(C2=C(C)/C=C/OCC\C(C)=C\2)n1. The number of allylic oxidation sites excluding steroid dienone is 4. The Morgan fingerprint density at radius 3 is 3.00 bits per heavy atom. The zero-order valence-electron chi connectivity index (χ0n) is 13.2. The Morgan fingerprint density at radius 2 is 2.23 bits per heavy atom. The van der Waals surface area contributed by atoms with Gasteiger partial charge in [0.2, 0.25) is 5.89 Å². The van der Waals surface area contributed by atoms with Gasteiger partial charge >= 0.3 is 5.97 Å². The maximum Gasteiger partial charge on any atom is 0.360 e. The van der Waals surface area contributed by atoms with E-state index in [1.54, 1.807) is 6.26 Å². The van der Waals surface area contributed by atoms with E-state index in [-0.39, 0.29) is 5.69 Å².